The minimum atomic E-state index is 0.460. The van der Waals surface area contributed by atoms with Gasteiger partial charge in [0.25, 0.3) is 0 Å². The lowest BCUT2D eigenvalue weighted by molar-refractivity contribution is 0.668. The second-order valence-corrected chi connectivity index (χ2v) is 22.9. The molecule has 0 aliphatic carbocycles. The first kappa shape index (κ1) is 48.7. The first-order chi connectivity index (χ1) is 44.5. The summed E-state index contributed by atoms with van der Waals surface area (Å²) < 4.78 is 29.9. The Morgan fingerprint density at radius 2 is 0.522 bits per heavy atom. The summed E-state index contributed by atoms with van der Waals surface area (Å²) in [6, 6.07) is 87.2. The highest BCUT2D eigenvalue weighted by molar-refractivity contribution is 6.24. The van der Waals surface area contributed by atoms with Crippen molar-refractivity contribution in [2.45, 2.75) is 0 Å². The van der Waals surface area contributed by atoms with Gasteiger partial charge < -0.3 is 22.2 Å². The van der Waals surface area contributed by atoms with E-state index in [-0.39, 0.29) is 0 Å². The molecule has 0 N–H and O–H groups in total. The summed E-state index contributed by atoms with van der Waals surface area (Å²) in [5.41, 5.74) is 15.3. The van der Waals surface area contributed by atoms with E-state index in [2.05, 4.69) is 143 Å². The van der Waals surface area contributed by atoms with E-state index >= 15 is 0 Å². The van der Waals surface area contributed by atoms with Crippen LogP contribution in [0.5, 0.6) is 0 Å². The third-order valence-electron chi connectivity index (χ3n) is 17.8. The SMILES string of the molecule is c1cc(-c2nc(-c3ccc4oc5ccccc5c4c3)nc(-c3ccc4oc5ccccc5c4c3)n2)cc(-n2c3ccccc3c3ccc4c5ccccc5n(-c5nc(-c6ccc7oc8ccccc8c7c6)nc(-c6ccc7oc8ccccc8c7c6)n5)c4c32)c1. The van der Waals surface area contributed by atoms with Crippen molar-refractivity contribution >= 4 is 131 Å². The molecule has 0 spiro atoms. The van der Waals surface area contributed by atoms with Gasteiger partial charge in [-0.25, -0.2) is 19.9 Å². The van der Waals surface area contributed by atoms with Crippen LogP contribution in [0.25, 0.3) is 200 Å². The summed E-state index contributed by atoms with van der Waals surface area (Å²) in [5.74, 6) is 3.05. The van der Waals surface area contributed by atoms with Crippen molar-refractivity contribution in [3.63, 3.8) is 0 Å². The van der Waals surface area contributed by atoms with Crippen LogP contribution in [0.1, 0.15) is 0 Å². The fourth-order valence-electron chi connectivity index (χ4n) is 13.7. The molecule has 0 saturated heterocycles. The summed E-state index contributed by atoms with van der Waals surface area (Å²) in [5, 5.41) is 12.2. The molecule has 12 aromatic carbocycles. The van der Waals surface area contributed by atoms with Gasteiger partial charge in [0.05, 0.1) is 22.1 Å². The van der Waals surface area contributed by atoms with Crippen molar-refractivity contribution in [3.05, 3.63) is 255 Å². The molecule has 0 fully saturated rings. The van der Waals surface area contributed by atoms with Crippen LogP contribution in [0.2, 0.25) is 0 Å². The molecule has 8 aromatic heterocycles. The molecular formula is C78H42N8O4. The monoisotopic (exact) mass is 1150 g/mol. The molecule has 20 rings (SSSR count). The molecule has 418 valence electrons. The van der Waals surface area contributed by atoms with Gasteiger partial charge in [0.15, 0.2) is 29.1 Å². The minimum absolute atomic E-state index is 0.460. The van der Waals surface area contributed by atoms with Crippen molar-refractivity contribution < 1.29 is 17.7 Å². The van der Waals surface area contributed by atoms with E-state index in [9.17, 15) is 0 Å². The number of benzene rings is 12. The summed E-state index contributed by atoms with van der Waals surface area (Å²) in [4.78, 5) is 32.4. The number of furan rings is 4. The van der Waals surface area contributed by atoms with Crippen LogP contribution >= 0.6 is 0 Å². The Labute approximate surface area is 508 Å². The minimum Gasteiger partial charge on any atom is -0.456 e. The number of fused-ring (bicyclic) bond motifs is 19. The van der Waals surface area contributed by atoms with E-state index in [1.54, 1.807) is 0 Å². The largest absolute Gasteiger partial charge is 0.456 e. The average Bonchev–Trinajstić information content (AvgIpc) is 1.60. The quantitative estimate of drug-likeness (QED) is 0.151. The lowest BCUT2D eigenvalue weighted by Crippen LogP contribution is -2.07. The maximum absolute atomic E-state index is 6.34. The maximum Gasteiger partial charge on any atom is 0.238 e. The molecule has 0 aliphatic rings. The number of hydrogen-bond donors (Lipinski definition) is 0. The molecule has 0 bridgehead atoms. The molecule has 0 radical (unpaired) electrons. The second-order valence-electron chi connectivity index (χ2n) is 22.9. The lowest BCUT2D eigenvalue weighted by atomic mass is 10.1. The molecule has 0 saturated carbocycles. The fraction of sp³-hybridized carbons (Fsp3) is 0. The van der Waals surface area contributed by atoms with E-state index < -0.39 is 0 Å². The Balaban J connectivity index is 0.821. The van der Waals surface area contributed by atoms with Gasteiger partial charge in [-0.05, 0) is 121 Å². The average molecular weight is 1160 g/mol. The zero-order chi connectivity index (χ0) is 58.7. The van der Waals surface area contributed by atoms with E-state index in [1.165, 1.54) is 0 Å². The fourth-order valence-corrected chi connectivity index (χ4v) is 13.7. The molecule has 0 aliphatic heterocycles. The van der Waals surface area contributed by atoms with Crippen molar-refractivity contribution in [1.82, 2.24) is 39.0 Å². The Hall–Kier alpha value is -12.5. The van der Waals surface area contributed by atoms with Crippen LogP contribution in [0.4, 0.5) is 0 Å². The lowest BCUT2D eigenvalue weighted by Gasteiger charge is -2.14. The molecular weight excluding hydrogens is 1110 g/mol. The smallest absolute Gasteiger partial charge is 0.238 e. The third kappa shape index (κ3) is 7.24. The zero-order valence-electron chi connectivity index (χ0n) is 47.5. The standard InChI is InChI=1S/C78H42N8O4/c1-7-22-61-49(16-1)55-32-33-56-50-17-2-8-23-62(50)86(78-83-76(46-30-36-69-59(41-46)53-20-5-11-26-65(53)89-69)82-77(84-78)47-31-37-70-60(42-47)54-21-6-12-27-66(54)90-70)72(56)71(55)85(61)48-15-13-14-43(38-48)73-79-74(44-28-34-67-57(39-44)51-18-3-9-24-63(51)87-67)81-75(80-73)45-29-35-68-58(40-45)52-19-4-10-25-64(52)88-68/h1-42H. The van der Waals surface area contributed by atoms with Gasteiger partial charge in [-0.1, -0.05) is 133 Å². The summed E-state index contributed by atoms with van der Waals surface area (Å²) in [6.07, 6.45) is 0. The van der Waals surface area contributed by atoms with E-state index in [0.717, 1.165) is 165 Å². The second kappa shape index (κ2) is 18.5. The summed E-state index contributed by atoms with van der Waals surface area (Å²) >= 11 is 0. The molecule has 12 heteroatoms. The first-order valence-electron chi connectivity index (χ1n) is 29.8. The number of para-hydroxylation sites is 6. The predicted octanol–water partition coefficient (Wildman–Crippen LogP) is 20.2. The maximum atomic E-state index is 6.34. The number of nitrogens with zero attached hydrogens (tertiary/aromatic N) is 8. The van der Waals surface area contributed by atoms with Gasteiger partial charge in [-0.3, -0.25) is 4.57 Å². The highest BCUT2D eigenvalue weighted by Crippen LogP contribution is 2.44. The van der Waals surface area contributed by atoms with E-state index in [0.29, 0.717) is 35.1 Å². The van der Waals surface area contributed by atoms with Crippen LogP contribution in [-0.4, -0.2) is 39.0 Å². The molecule has 8 heterocycles. The van der Waals surface area contributed by atoms with Crippen LogP contribution < -0.4 is 0 Å². The summed E-state index contributed by atoms with van der Waals surface area (Å²) in [6.45, 7) is 0. The Morgan fingerprint density at radius 1 is 0.211 bits per heavy atom. The predicted molar refractivity (Wildman–Crippen MR) is 358 cm³/mol. The Kier molecular flexibility index (Phi) is 10.00. The molecule has 0 atom stereocenters. The van der Waals surface area contributed by atoms with Gasteiger partial charge in [0.2, 0.25) is 5.95 Å². The van der Waals surface area contributed by atoms with Gasteiger partial charge >= 0.3 is 0 Å². The molecule has 90 heavy (non-hydrogen) atoms. The normalized spacial score (nSPS) is 12.2. The Morgan fingerprint density at radius 3 is 0.922 bits per heavy atom. The van der Waals surface area contributed by atoms with E-state index in [4.69, 9.17) is 47.6 Å². The van der Waals surface area contributed by atoms with Crippen molar-refractivity contribution in [2.24, 2.45) is 0 Å². The van der Waals surface area contributed by atoms with E-state index in [1.807, 2.05) is 121 Å². The number of rotatable bonds is 7. The highest BCUT2D eigenvalue weighted by Gasteiger charge is 2.26. The molecule has 0 amide bonds. The van der Waals surface area contributed by atoms with Crippen LogP contribution in [0.3, 0.4) is 0 Å². The highest BCUT2D eigenvalue weighted by atomic mass is 16.3. The van der Waals surface area contributed by atoms with Crippen LogP contribution in [0.15, 0.2) is 272 Å². The van der Waals surface area contributed by atoms with Crippen molar-refractivity contribution in [3.8, 4) is 68.6 Å². The van der Waals surface area contributed by atoms with Gasteiger partial charge in [0, 0.05) is 98.1 Å². The molecule has 20 aromatic rings. The molecule has 12 nitrogen and oxygen atoms in total. The first-order valence-corrected chi connectivity index (χ1v) is 29.8. The topological polar surface area (TPSA) is 140 Å². The zero-order valence-corrected chi connectivity index (χ0v) is 47.5. The van der Waals surface area contributed by atoms with Crippen LogP contribution in [0, 0.1) is 0 Å². The van der Waals surface area contributed by atoms with Crippen molar-refractivity contribution in [1.29, 1.82) is 0 Å². The van der Waals surface area contributed by atoms with Crippen LogP contribution in [-0.2, 0) is 0 Å². The summed E-state index contributed by atoms with van der Waals surface area (Å²) in [7, 11) is 0. The van der Waals surface area contributed by atoms with Gasteiger partial charge in [-0.15, -0.1) is 0 Å². The Bertz CT molecular complexity index is 6190. The van der Waals surface area contributed by atoms with Gasteiger partial charge in [-0.2, -0.15) is 9.97 Å². The third-order valence-corrected chi connectivity index (χ3v) is 17.8. The van der Waals surface area contributed by atoms with Gasteiger partial charge in [0.1, 0.15) is 44.7 Å². The number of aromatic nitrogens is 8. The molecule has 0 unspecified atom stereocenters. The number of hydrogen-bond acceptors (Lipinski definition) is 10. The van der Waals surface area contributed by atoms with Crippen molar-refractivity contribution in [2.75, 3.05) is 0 Å².